The van der Waals surface area contributed by atoms with Gasteiger partial charge in [0, 0.05) is 18.0 Å². The summed E-state index contributed by atoms with van der Waals surface area (Å²) < 4.78 is 5.76. The van der Waals surface area contributed by atoms with Crippen molar-refractivity contribution in [1.82, 2.24) is 4.90 Å². The first-order valence-corrected chi connectivity index (χ1v) is 7.68. The lowest BCUT2D eigenvalue weighted by Crippen LogP contribution is -2.41. The molecular formula is C17H23NO2. The second kappa shape index (κ2) is 5.98. The van der Waals surface area contributed by atoms with Gasteiger partial charge in [0.2, 0.25) is 0 Å². The molecule has 2 heterocycles. The molecule has 2 aromatic rings. The number of rotatable bonds is 4. The first kappa shape index (κ1) is 13.7. The van der Waals surface area contributed by atoms with E-state index in [2.05, 4.69) is 11.8 Å². The quantitative estimate of drug-likeness (QED) is 0.922. The standard InChI is InChI=1S/C17H23NO2/c1-2-14-8-5-6-10-18(14)12-15(19)17-11-13-7-3-4-9-16(13)20-17/h3-4,7,9,11,14-15,19H,2,5-6,8,10,12H2,1H3. The molecule has 3 nitrogen and oxygen atoms in total. The zero-order valence-corrected chi connectivity index (χ0v) is 12.1. The largest absolute Gasteiger partial charge is 0.458 e. The number of benzene rings is 1. The summed E-state index contributed by atoms with van der Waals surface area (Å²) in [5.41, 5.74) is 0.854. The van der Waals surface area contributed by atoms with E-state index in [-0.39, 0.29) is 0 Å². The van der Waals surface area contributed by atoms with Gasteiger partial charge in [0.05, 0.1) is 0 Å². The molecule has 0 spiro atoms. The highest BCUT2D eigenvalue weighted by molar-refractivity contribution is 5.77. The smallest absolute Gasteiger partial charge is 0.135 e. The number of furan rings is 1. The molecule has 0 aliphatic carbocycles. The molecule has 1 aliphatic rings. The van der Waals surface area contributed by atoms with Crippen LogP contribution in [0.3, 0.4) is 0 Å². The minimum atomic E-state index is -0.533. The molecule has 0 bridgehead atoms. The second-order valence-corrected chi connectivity index (χ2v) is 5.76. The van der Waals surface area contributed by atoms with E-state index in [1.54, 1.807) is 0 Å². The number of hydrogen-bond donors (Lipinski definition) is 1. The van der Waals surface area contributed by atoms with Gasteiger partial charge >= 0.3 is 0 Å². The summed E-state index contributed by atoms with van der Waals surface area (Å²) in [5.74, 6) is 0.687. The van der Waals surface area contributed by atoms with Crippen molar-refractivity contribution >= 4 is 11.0 Å². The second-order valence-electron chi connectivity index (χ2n) is 5.76. The van der Waals surface area contributed by atoms with Crippen LogP contribution in [0.2, 0.25) is 0 Å². The van der Waals surface area contributed by atoms with E-state index in [4.69, 9.17) is 4.42 Å². The molecule has 1 aromatic carbocycles. The third-order valence-electron chi connectivity index (χ3n) is 4.40. The van der Waals surface area contributed by atoms with Crippen molar-refractivity contribution in [2.45, 2.75) is 44.8 Å². The predicted molar refractivity (Wildman–Crippen MR) is 80.7 cm³/mol. The Morgan fingerprint density at radius 2 is 2.20 bits per heavy atom. The van der Waals surface area contributed by atoms with Crippen molar-refractivity contribution in [3.05, 3.63) is 36.1 Å². The van der Waals surface area contributed by atoms with Gasteiger partial charge in [-0.05, 0) is 37.9 Å². The van der Waals surface area contributed by atoms with Crippen LogP contribution in [0.15, 0.2) is 34.7 Å². The maximum absolute atomic E-state index is 10.5. The van der Waals surface area contributed by atoms with Crippen molar-refractivity contribution in [3.8, 4) is 0 Å². The summed E-state index contributed by atoms with van der Waals surface area (Å²) in [4.78, 5) is 2.42. The maximum atomic E-state index is 10.5. The number of likely N-dealkylation sites (tertiary alicyclic amines) is 1. The monoisotopic (exact) mass is 273 g/mol. The number of nitrogens with zero attached hydrogens (tertiary/aromatic N) is 1. The lowest BCUT2D eigenvalue weighted by Gasteiger charge is -2.36. The van der Waals surface area contributed by atoms with Gasteiger partial charge in [0.1, 0.15) is 17.4 Å². The van der Waals surface area contributed by atoms with Crippen LogP contribution in [0.1, 0.15) is 44.5 Å². The Morgan fingerprint density at radius 1 is 1.35 bits per heavy atom. The fourth-order valence-corrected chi connectivity index (χ4v) is 3.24. The van der Waals surface area contributed by atoms with Crippen LogP contribution >= 0.6 is 0 Å². The average Bonchev–Trinajstić information content (AvgIpc) is 2.92. The number of fused-ring (bicyclic) bond motifs is 1. The molecule has 2 unspecified atom stereocenters. The highest BCUT2D eigenvalue weighted by Gasteiger charge is 2.24. The lowest BCUT2D eigenvalue weighted by molar-refractivity contribution is 0.0551. The number of aliphatic hydroxyl groups excluding tert-OH is 1. The molecule has 20 heavy (non-hydrogen) atoms. The number of hydrogen-bond acceptors (Lipinski definition) is 3. The van der Waals surface area contributed by atoms with Crippen molar-refractivity contribution < 1.29 is 9.52 Å². The molecule has 3 heteroatoms. The summed E-state index contributed by atoms with van der Waals surface area (Å²) in [6.07, 6.45) is 4.43. The summed E-state index contributed by atoms with van der Waals surface area (Å²) in [7, 11) is 0. The van der Waals surface area contributed by atoms with E-state index in [1.807, 2.05) is 30.3 Å². The molecule has 1 aliphatic heterocycles. The molecular weight excluding hydrogens is 250 g/mol. The molecule has 0 radical (unpaired) electrons. The molecule has 3 rings (SSSR count). The Hall–Kier alpha value is -1.32. The van der Waals surface area contributed by atoms with Gasteiger partial charge in [-0.3, -0.25) is 4.90 Å². The van der Waals surface area contributed by atoms with Crippen molar-refractivity contribution in [2.24, 2.45) is 0 Å². The highest BCUT2D eigenvalue weighted by atomic mass is 16.4. The summed E-state index contributed by atoms with van der Waals surface area (Å²) in [6, 6.07) is 10.5. The molecule has 0 amide bonds. The number of β-amino-alcohol motifs (C(OH)–C–C–N with tert-alkyl or cyclic N) is 1. The van der Waals surface area contributed by atoms with Gasteiger partial charge in [0.15, 0.2) is 0 Å². The van der Waals surface area contributed by atoms with Gasteiger partial charge < -0.3 is 9.52 Å². The average molecular weight is 273 g/mol. The third kappa shape index (κ3) is 2.74. The maximum Gasteiger partial charge on any atom is 0.135 e. The number of piperidine rings is 1. The molecule has 1 N–H and O–H groups in total. The topological polar surface area (TPSA) is 36.6 Å². The van der Waals surface area contributed by atoms with E-state index in [9.17, 15) is 5.11 Å². The van der Waals surface area contributed by atoms with E-state index in [0.717, 1.165) is 23.9 Å². The fraction of sp³-hybridized carbons (Fsp3) is 0.529. The summed E-state index contributed by atoms with van der Waals surface area (Å²) >= 11 is 0. The third-order valence-corrected chi connectivity index (χ3v) is 4.40. The van der Waals surface area contributed by atoms with Gasteiger partial charge in [-0.25, -0.2) is 0 Å². The Morgan fingerprint density at radius 3 is 3.00 bits per heavy atom. The lowest BCUT2D eigenvalue weighted by atomic mass is 9.99. The number of para-hydroxylation sites is 1. The molecule has 0 saturated carbocycles. The van der Waals surface area contributed by atoms with Crippen LogP contribution < -0.4 is 0 Å². The Kier molecular flexibility index (Phi) is 4.08. The van der Waals surface area contributed by atoms with Crippen LogP contribution in [0, 0.1) is 0 Å². The zero-order valence-electron chi connectivity index (χ0n) is 12.1. The Labute approximate surface area is 120 Å². The normalized spacial score (nSPS) is 22.2. The summed E-state index contributed by atoms with van der Waals surface area (Å²) in [5, 5.41) is 11.5. The van der Waals surface area contributed by atoms with E-state index in [0.29, 0.717) is 18.3 Å². The Balaban J connectivity index is 1.73. The molecule has 1 aromatic heterocycles. The van der Waals surface area contributed by atoms with Gasteiger partial charge in [-0.2, -0.15) is 0 Å². The van der Waals surface area contributed by atoms with Crippen LogP contribution in [-0.4, -0.2) is 29.1 Å². The molecule has 2 atom stereocenters. The molecule has 108 valence electrons. The first-order chi connectivity index (χ1) is 9.78. The van der Waals surface area contributed by atoms with E-state index in [1.165, 1.54) is 19.3 Å². The zero-order chi connectivity index (χ0) is 13.9. The molecule has 1 fully saturated rings. The van der Waals surface area contributed by atoms with Crippen LogP contribution in [-0.2, 0) is 0 Å². The van der Waals surface area contributed by atoms with Crippen LogP contribution in [0.4, 0.5) is 0 Å². The number of aliphatic hydroxyl groups is 1. The molecule has 1 saturated heterocycles. The Bertz CT molecular complexity index is 530. The van der Waals surface area contributed by atoms with Crippen molar-refractivity contribution in [2.75, 3.05) is 13.1 Å². The van der Waals surface area contributed by atoms with Crippen molar-refractivity contribution in [3.63, 3.8) is 0 Å². The van der Waals surface area contributed by atoms with Crippen LogP contribution in [0.5, 0.6) is 0 Å². The van der Waals surface area contributed by atoms with Gasteiger partial charge in [-0.1, -0.05) is 31.5 Å². The van der Waals surface area contributed by atoms with Crippen LogP contribution in [0.25, 0.3) is 11.0 Å². The van der Waals surface area contributed by atoms with Crippen molar-refractivity contribution in [1.29, 1.82) is 0 Å². The predicted octanol–water partition coefficient (Wildman–Crippen LogP) is 3.73. The highest BCUT2D eigenvalue weighted by Crippen LogP contribution is 2.27. The minimum absolute atomic E-state index is 0.533. The van der Waals surface area contributed by atoms with E-state index >= 15 is 0 Å². The fourth-order valence-electron chi connectivity index (χ4n) is 3.24. The van der Waals surface area contributed by atoms with Gasteiger partial charge in [0.25, 0.3) is 0 Å². The van der Waals surface area contributed by atoms with E-state index < -0.39 is 6.10 Å². The van der Waals surface area contributed by atoms with Gasteiger partial charge in [-0.15, -0.1) is 0 Å². The first-order valence-electron chi connectivity index (χ1n) is 7.68. The minimum Gasteiger partial charge on any atom is -0.458 e. The summed E-state index contributed by atoms with van der Waals surface area (Å²) in [6.45, 7) is 4.00. The SMILES string of the molecule is CCC1CCCCN1CC(O)c1cc2ccccc2o1.